The van der Waals surface area contributed by atoms with Crippen molar-refractivity contribution in [3.8, 4) is 0 Å². The molecule has 1 amide bonds. The fourth-order valence-electron chi connectivity index (χ4n) is 2.29. The average Bonchev–Trinajstić information content (AvgIpc) is 2.96. The Bertz CT molecular complexity index is 663. The smallest absolute Gasteiger partial charge is 0.270 e. The van der Waals surface area contributed by atoms with E-state index in [-0.39, 0.29) is 17.4 Å². The number of benzene rings is 1. The molecule has 0 saturated heterocycles. The molecule has 1 fully saturated rings. The van der Waals surface area contributed by atoms with E-state index in [2.05, 4.69) is 24.1 Å². The number of carbonyl (C=O) groups excluding carboxylic acids is 1. The Labute approximate surface area is 112 Å². The summed E-state index contributed by atoms with van der Waals surface area (Å²) in [5.41, 5.74) is 6.50. The van der Waals surface area contributed by atoms with Crippen LogP contribution in [0.15, 0.2) is 30.3 Å². The molecule has 1 aliphatic rings. The molecule has 0 bridgehead atoms. The maximum absolute atomic E-state index is 12.1. The fourth-order valence-corrected chi connectivity index (χ4v) is 2.29. The van der Waals surface area contributed by atoms with E-state index in [0.717, 1.165) is 17.2 Å². The van der Waals surface area contributed by atoms with Gasteiger partial charge in [0, 0.05) is 11.4 Å². The number of hydrogen-bond donors (Lipinski definition) is 2. The van der Waals surface area contributed by atoms with Crippen molar-refractivity contribution >= 4 is 22.5 Å². The van der Waals surface area contributed by atoms with Gasteiger partial charge in [0.15, 0.2) is 0 Å². The molecule has 1 unspecified atom stereocenters. The minimum absolute atomic E-state index is 0.145. The average molecular weight is 255 g/mol. The molecule has 0 spiro atoms. The highest BCUT2D eigenvalue weighted by Crippen LogP contribution is 2.44. The van der Waals surface area contributed by atoms with Crippen LogP contribution < -0.4 is 11.1 Å². The van der Waals surface area contributed by atoms with E-state index >= 15 is 0 Å². The topological polar surface area (TPSA) is 68.0 Å². The van der Waals surface area contributed by atoms with Crippen LogP contribution >= 0.6 is 0 Å². The first-order valence-electron chi connectivity index (χ1n) is 6.43. The Morgan fingerprint density at radius 3 is 2.79 bits per heavy atom. The highest BCUT2D eigenvalue weighted by Gasteiger charge is 2.46. The van der Waals surface area contributed by atoms with Gasteiger partial charge in [0.2, 0.25) is 0 Å². The van der Waals surface area contributed by atoms with Gasteiger partial charge in [0.25, 0.3) is 5.91 Å². The molecule has 0 aliphatic heterocycles. The van der Waals surface area contributed by atoms with Gasteiger partial charge in [0.1, 0.15) is 11.5 Å². The number of pyridine rings is 1. The van der Waals surface area contributed by atoms with E-state index in [9.17, 15) is 4.79 Å². The van der Waals surface area contributed by atoms with Crippen LogP contribution in [0, 0.1) is 5.41 Å². The second kappa shape index (κ2) is 3.95. The lowest BCUT2D eigenvalue weighted by atomic mass is 10.1. The summed E-state index contributed by atoms with van der Waals surface area (Å²) in [7, 11) is 0. The number of hydrogen-bond acceptors (Lipinski definition) is 3. The van der Waals surface area contributed by atoms with Crippen molar-refractivity contribution < 1.29 is 4.79 Å². The molecule has 0 radical (unpaired) electrons. The van der Waals surface area contributed by atoms with Crippen LogP contribution in [0.4, 0.5) is 5.82 Å². The van der Waals surface area contributed by atoms with Crippen LogP contribution in [0.5, 0.6) is 0 Å². The van der Waals surface area contributed by atoms with Gasteiger partial charge in [-0.05, 0) is 23.3 Å². The van der Waals surface area contributed by atoms with E-state index in [1.807, 2.05) is 24.3 Å². The number of nitrogens with zero attached hydrogens (tertiary/aromatic N) is 1. The van der Waals surface area contributed by atoms with E-state index in [4.69, 9.17) is 5.73 Å². The number of nitrogens with two attached hydrogens (primary N) is 1. The quantitative estimate of drug-likeness (QED) is 0.865. The number of nitrogens with one attached hydrogen (secondary N) is 1. The number of amides is 1. The third-order valence-electron chi connectivity index (χ3n) is 3.82. The second-order valence-electron chi connectivity index (χ2n) is 5.83. The maximum atomic E-state index is 12.1. The lowest BCUT2D eigenvalue weighted by molar-refractivity contribution is 0.0941. The van der Waals surface area contributed by atoms with Crippen molar-refractivity contribution in [2.45, 2.75) is 26.3 Å². The lowest BCUT2D eigenvalue weighted by Gasteiger charge is -2.08. The monoisotopic (exact) mass is 255 g/mol. The molecule has 4 heteroatoms. The molecule has 3 rings (SSSR count). The normalized spacial score (nSPS) is 20.2. The van der Waals surface area contributed by atoms with Crippen molar-refractivity contribution in [2.75, 3.05) is 5.73 Å². The van der Waals surface area contributed by atoms with Crippen LogP contribution in [0.2, 0.25) is 0 Å². The van der Waals surface area contributed by atoms with E-state index in [1.165, 1.54) is 0 Å². The van der Waals surface area contributed by atoms with Gasteiger partial charge in [-0.25, -0.2) is 4.98 Å². The van der Waals surface area contributed by atoms with Gasteiger partial charge in [-0.2, -0.15) is 0 Å². The number of fused-ring (bicyclic) bond motifs is 1. The van der Waals surface area contributed by atoms with Gasteiger partial charge in [0.05, 0.1) is 0 Å². The first-order chi connectivity index (χ1) is 8.97. The number of aromatic nitrogens is 1. The zero-order valence-corrected chi connectivity index (χ0v) is 11.1. The molecule has 4 nitrogen and oxygen atoms in total. The minimum atomic E-state index is -0.145. The van der Waals surface area contributed by atoms with Crippen LogP contribution in [0.1, 0.15) is 30.8 Å². The number of carbonyl (C=O) groups is 1. The van der Waals surface area contributed by atoms with E-state index in [0.29, 0.717) is 11.5 Å². The van der Waals surface area contributed by atoms with Crippen molar-refractivity contribution in [1.29, 1.82) is 0 Å². The van der Waals surface area contributed by atoms with Crippen LogP contribution in [0.25, 0.3) is 10.8 Å². The molecule has 1 aliphatic carbocycles. The Kier molecular flexibility index (Phi) is 2.49. The molecule has 1 aromatic carbocycles. The summed E-state index contributed by atoms with van der Waals surface area (Å²) in [6.45, 7) is 4.28. The number of nitrogen functional groups attached to an aromatic ring is 1. The van der Waals surface area contributed by atoms with Crippen molar-refractivity contribution in [1.82, 2.24) is 10.3 Å². The Morgan fingerprint density at radius 2 is 2.11 bits per heavy atom. The van der Waals surface area contributed by atoms with Crippen molar-refractivity contribution in [3.63, 3.8) is 0 Å². The summed E-state index contributed by atoms with van der Waals surface area (Å²) < 4.78 is 0. The Balaban J connectivity index is 1.90. The van der Waals surface area contributed by atoms with Crippen LogP contribution in [-0.2, 0) is 0 Å². The molecular weight excluding hydrogens is 238 g/mol. The Morgan fingerprint density at radius 1 is 1.42 bits per heavy atom. The second-order valence-corrected chi connectivity index (χ2v) is 5.83. The third-order valence-corrected chi connectivity index (χ3v) is 3.82. The molecule has 1 heterocycles. The predicted octanol–water partition coefficient (Wildman–Crippen LogP) is 2.35. The highest BCUT2D eigenvalue weighted by atomic mass is 16.2. The van der Waals surface area contributed by atoms with Gasteiger partial charge in [-0.1, -0.05) is 38.1 Å². The maximum Gasteiger partial charge on any atom is 0.270 e. The third kappa shape index (κ3) is 2.14. The standard InChI is InChI=1S/C15H17N3O/c1-15(2)8-12(15)18-14(19)11-7-9-5-3-4-6-10(9)13(16)17-11/h3-7,12H,8H2,1-2H3,(H2,16,17)(H,18,19). The summed E-state index contributed by atoms with van der Waals surface area (Å²) in [6.07, 6.45) is 1.02. The van der Waals surface area contributed by atoms with Crippen molar-refractivity contribution in [3.05, 3.63) is 36.0 Å². The van der Waals surface area contributed by atoms with Gasteiger partial charge in [-0.3, -0.25) is 4.79 Å². The largest absolute Gasteiger partial charge is 0.383 e. The number of rotatable bonds is 2. The molecule has 98 valence electrons. The van der Waals surface area contributed by atoms with E-state index in [1.54, 1.807) is 6.07 Å². The molecule has 19 heavy (non-hydrogen) atoms. The summed E-state index contributed by atoms with van der Waals surface area (Å²) in [4.78, 5) is 16.3. The summed E-state index contributed by atoms with van der Waals surface area (Å²) in [5.74, 6) is 0.256. The first-order valence-corrected chi connectivity index (χ1v) is 6.43. The van der Waals surface area contributed by atoms with Crippen LogP contribution in [0.3, 0.4) is 0 Å². The lowest BCUT2D eigenvalue weighted by Crippen LogP contribution is -2.29. The molecular formula is C15H17N3O. The van der Waals surface area contributed by atoms with Crippen LogP contribution in [-0.4, -0.2) is 16.9 Å². The van der Waals surface area contributed by atoms with Gasteiger partial charge >= 0.3 is 0 Å². The number of anilines is 1. The summed E-state index contributed by atoms with van der Waals surface area (Å²) in [5, 5.41) is 4.82. The van der Waals surface area contributed by atoms with Crippen molar-refractivity contribution in [2.24, 2.45) is 5.41 Å². The highest BCUT2D eigenvalue weighted by molar-refractivity contribution is 6.00. The molecule has 1 saturated carbocycles. The fraction of sp³-hybridized carbons (Fsp3) is 0.333. The van der Waals surface area contributed by atoms with E-state index < -0.39 is 0 Å². The first kappa shape index (κ1) is 12.0. The molecule has 1 atom stereocenters. The van der Waals surface area contributed by atoms with Gasteiger partial charge < -0.3 is 11.1 Å². The molecule has 3 N–H and O–H groups in total. The molecule has 1 aromatic heterocycles. The Hall–Kier alpha value is -2.10. The SMILES string of the molecule is CC1(C)CC1NC(=O)c1cc2ccccc2c(N)n1. The zero-order valence-electron chi connectivity index (χ0n) is 11.1. The summed E-state index contributed by atoms with van der Waals surface area (Å²) >= 11 is 0. The molecule has 2 aromatic rings. The van der Waals surface area contributed by atoms with Gasteiger partial charge in [-0.15, -0.1) is 0 Å². The predicted molar refractivity (Wildman–Crippen MR) is 75.8 cm³/mol. The minimum Gasteiger partial charge on any atom is -0.383 e. The zero-order chi connectivity index (χ0) is 13.6. The summed E-state index contributed by atoms with van der Waals surface area (Å²) in [6, 6.07) is 9.71.